The van der Waals surface area contributed by atoms with Crippen LogP contribution in [0.25, 0.3) is 10.2 Å². The largest absolute Gasteiger partial charge is 0.302 e. The Morgan fingerprint density at radius 1 is 1.10 bits per heavy atom. The van der Waals surface area contributed by atoms with Crippen molar-refractivity contribution in [2.45, 2.75) is 25.7 Å². The second-order valence-electron chi connectivity index (χ2n) is 6.53. The molecular weight excluding hydrogens is 441 g/mol. The summed E-state index contributed by atoms with van der Waals surface area (Å²) in [6, 6.07) is 12.6. The summed E-state index contributed by atoms with van der Waals surface area (Å²) in [6.07, 6.45) is 0. The maximum Gasteiger partial charge on any atom is 0.260 e. The molecule has 8 heteroatoms. The van der Waals surface area contributed by atoms with Gasteiger partial charge in [0.25, 0.3) is 5.91 Å². The third-order valence-corrected chi connectivity index (χ3v) is 6.68. The number of hydrogen-bond acceptors (Lipinski definition) is 5. The van der Waals surface area contributed by atoms with Crippen molar-refractivity contribution in [2.75, 3.05) is 36.8 Å². The zero-order valence-electron chi connectivity index (χ0n) is 17.4. The highest BCUT2D eigenvalue weighted by atomic mass is 35.5. The summed E-state index contributed by atoms with van der Waals surface area (Å²) in [5.41, 5.74) is 0.950. The molecule has 0 unspecified atom stereocenters. The van der Waals surface area contributed by atoms with Crippen LogP contribution in [0.4, 0.5) is 9.52 Å². The molecule has 4 nitrogen and oxygen atoms in total. The number of nitrogens with zero attached hydrogens (tertiary/aromatic N) is 3. The van der Waals surface area contributed by atoms with Gasteiger partial charge in [-0.2, -0.15) is 0 Å². The third-order valence-electron chi connectivity index (χ3n) is 4.76. The minimum absolute atomic E-state index is 0. The van der Waals surface area contributed by atoms with E-state index < -0.39 is 0 Å². The van der Waals surface area contributed by atoms with Crippen LogP contribution in [-0.2, 0) is 0 Å². The molecule has 0 fully saturated rings. The molecule has 0 aliphatic heterocycles. The first-order valence-corrected chi connectivity index (χ1v) is 11.7. The van der Waals surface area contributed by atoms with Crippen LogP contribution in [-0.4, -0.2) is 47.7 Å². The topological polar surface area (TPSA) is 36.4 Å². The highest BCUT2D eigenvalue weighted by molar-refractivity contribution is 7.99. The first-order chi connectivity index (χ1) is 14.1. The number of benzene rings is 2. The summed E-state index contributed by atoms with van der Waals surface area (Å²) >= 11 is 3.06. The Morgan fingerprint density at radius 2 is 1.83 bits per heavy atom. The van der Waals surface area contributed by atoms with Crippen LogP contribution in [0, 0.1) is 5.82 Å². The molecule has 0 aliphatic rings. The SMILES string of the molecule is CCSc1cccc(C(=O)N(CCN(CC)CC)c2nc3c(F)cccc3s2)c1.Cl. The molecule has 0 atom stereocenters. The van der Waals surface area contributed by atoms with Crippen molar-refractivity contribution >= 4 is 56.8 Å². The van der Waals surface area contributed by atoms with Crippen LogP contribution in [0.2, 0.25) is 0 Å². The first-order valence-electron chi connectivity index (χ1n) is 9.89. The highest BCUT2D eigenvalue weighted by Gasteiger charge is 2.23. The standard InChI is InChI=1S/C22H26FN3OS2.ClH/c1-4-25(5-2)13-14-26(21(27)16-9-7-10-17(15-16)28-6-3)22-24-20-18(23)11-8-12-19(20)29-22;/h7-12,15H,4-6,13-14H2,1-3H3;1H. The lowest BCUT2D eigenvalue weighted by atomic mass is 10.2. The van der Waals surface area contributed by atoms with Crippen molar-refractivity contribution in [1.82, 2.24) is 9.88 Å². The van der Waals surface area contributed by atoms with E-state index in [-0.39, 0.29) is 24.1 Å². The summed E-state index contributed by atoms with van der Waals surface area (Å²) in [4.78, 5) is 22.9. The number of thiazole rings is 1. The molecule has 30 heavy (non-hydrogen) atoms. The summed E-state index contributed by atoms with van der Waals surface area (Å²) in [5.74, 6) is 0.484. The maximum absolute atomic E-state index is 14.2. The normalized spacial score (nSPS) is 11.0. The zero-order valence-corrected chi connectivity index (χ0v) is 19.9. The summed E-state index contributed by atoms with van der Waals surface area (Å²) < 4.78 is 14.9. The smallest absolute Gasteiger partial charge is 0.260 e. The Balaban J connectivity index is 0.00000320. The van der Waals surface area contributed by atoms with Crippen molar-refractivity contribution in [3.05, 3.63) is 53.8 Å². The molecule has 162 valence electrons. The fourth-order valence-corrected chi connectivity index (χ4v) is 4.85. The molecule has 0 saturated heterocycles. The second kappa shape index (κ2) is 11.6. The lowest BCUT2D eigenvalue weighted by Gasteiger charge is -2.25. The van der Waals surface area contributed by atoms with Crippen LogP contribution >= 0.6 is 35.5 Å². The molecule has 0 spiro atoms. The number of amides is 1. The Labute approximate surface area is 191 Å². The van der Waals surface area contributed by atoms with Gasteiger partial charge in [0.1, 0.15) is 11.3 Å². The lowest BCUT2D eigenvalue weighted by molar-refractivity contribution is 0.0983. The van der Waals surface area contributed by atoms with Crippen molar-refractivity contribution < 1.29 is 9.18 Å². The number of aromatic nitrogens is 1. The van der Waals surface area contributed by atoms with E-state index in [2.05, 4.69) is 30.7 Å². The summed E-state index contributed by atoms with van der Waals surface area (Å²) in [6.45, 7) is 9.37. The number of halogens is 2. The van der Waals surface area contributed by atoms with E-state index in [4.69, 9.17) is 0 Å². The van der Waals surface area contributed by atoms with Crippen LogP contribution in [0.5, 0.6) is 0 Å². The molecule has 1 amide bonds. The molecule has 0 radical (unpaired) electrons. The summed E-state index contributed by atoms with van der Waals surface area (Å²) in [7, 11) is 0. The predicted molar refractivity (Wildman–Crippen MR) is 129 cm³/mol. The number of anilines is 1. The molecule has 0 aliphatic carbocycles. The molecular formula is C22H27ClFN3OS2. The van der Waals surface area contributed by atoms with E-state index in [0.29, 0.717) is 22.8 Å². The van der Waals surface area contributed by atoms with E-state index in [1.54, 1.807) is 22.7 Å². The van der Waals surface area contributed by atoms with Gasteiger partial charge in [-0.1, -0.05) is 44.2 Å². The van der Waals surface area contributed by atoms with Crippen LogP contribution in [0.3, 0.4) is 0 Å². The van der Waals surface area contributed by atoms with Crippen molar-refractivity contribution in [3.63, 3.8) is 0 Å². The minimum Gasteiger partial charge on any atom is -0.302 e. The monoisotopic (exact) mass is 467 g/mol. The van der Waals surface area contributed by atoms with Gasteiger partial charge in [0.05, 0.1) is 4.70 Å². The van der Waals surface area contributed by atoms with Gasteiger partial charge in [-0.3, -0.25) is 9.69 Å². The van der Waals surface area contributed by atoms with E-state index in [9.17, 15) is 9.18 Å². The number of thioether (sulfide) groups is 1. The Kier molecular flexibility index (Phi) is 9.55. The maximum atomic E-state index is 14.2. The van der Waals surface area contributed by atoms with Gasteiger partial charge >= 0.3 is 0 Å². The van der Waals surface area contributed by atoms with Crippen LogP contribution in [0.1, 0.15) is 31.1 Å². The number of carbonyl (C=O) groups excluding carboxylic acids is 1. The number of hydrogen-bond donors (Lipinski definition) is 0. The third kappa shape index (κ3) is 5.72. The number of para-hydroxylation sites is 1. The predicted octanol–water partition coefficient (Wildman–Crippen LogP) is 5.96. The highest BCUT2D eigenvalue weighted by Crippen LogP contribution is 2.31. The molecule has 3 aromatic rings. The van der Waals surface area contributed by atoms with E-state index in [0.717, 1.165) is 35.0 Å². The molecule has 1 aromatic heterocycles. The Morgan fingerprint density at radius 3 is 2.50 bits per heavy atom. The fourth-order valence-electron chi connectivity index (χ4n) is 3.13. The van der Waals surface area contributed by atoms with Gasteiger partial charge < -0.3 is 4.90 Å². The van der Waals surface area contributed by atoms with Crippen molar-refractivity contribution in [3.8, 4) is 0 Å². The van der Waals surface area contributed by atoms with Gasteiger partial charge in [0, 0.05) is 23.5 Å². The Bertz CT molecular complexity index is 978. The minimum atomic E-state index is -0.359. The number of carbonyl (C=O) groups is 1. The second-order valence-corrected chi connectivity index (χ2v) is 8.87. The fraction of sp³-hybridized carbons (Fsp3) is 0.364. The molecule has 2 aromatic carbocycles. The molecule has 1 heterocycles. The van der Waals surface area contributed by atoms with E-state index >= 15 is 0 Å². The van der Waals surface area contributed by atoms with E-state index in [1.807, 2.05) is 30.3 Å². The Hall–Kier alpha value is -1.67. The van der Waals surface area contributed by atoms with Gasteiger partial charge in [0.15, 0.2) is 5.13 Å². The van der Waals surface area contributed by atoms with Crippen molar-refractivity contribution in [2.24, 2.45) is 0 Å². The summed E-state index contributed by atoms with van der Waals surface area (Å²) in [5, 5.41) is 0.538. The average molecular weight is 468 g/mol. The molecule has 3 rings (SSSR count). The average Bonchev–Trinajstić information content (AvgIpc) is 3.17. The number of likely N-dealkylation sites (N-methyl/N-ethyl adjacent to an activating group) is 1. The zero-order chi connectivity index (χ0) is 20.8. The van der Waals surface area contributed by atoms with Crippen LogP contribution < -0.4 is 4.90 Å². The van der Waals surface area contributed by atoms with Gasteiger partial charge in [0.2, 0.25) is 0 Å². The van der Waals surface area contributed by atoms with Crippen molar-refractivity contribution in [1.29, 1.82) is 0 Å². The van der Waals surface area contributed by atoms with Crippen LogP contribution in [0.15, 0.2) is 47.4 Å². The van der Waals surface area contributed by atoms with Gasteiger partial charge in [-0.05, 0) is 49.2 Å². The van der Waals surface area contributed by atoms with Gasteiger partial charge in [-0.15, -0.1) is 24.2 Å². The van der Waals surface area contributed by atoms with Gasteiger partial charge in [-0.25, -0.2) is 9.37 Å². The number of fused-ring (bicyclic) bond motifs is 1. The molecule has 0 bridgehead atoms. The molecule has 0 saturated carbocycles. The first kappa shape index (κ1) is 24.6. The molecule has 0 N–H and O–H groups in total. The lowest BCUT2D eigenvalue weighted by Crippen LogP contribution is -2.38. The quantitative estimate of drug-likeness (QED) is 0.364. The van der Waals surface area contributed by atoms with E-state index in [1.165, 1.54) is 17.4 Å². The number of rotatable bonds is 9.